The van der Waals surface area contributed by atoms with E-state index in [4.69, 9.17) is 13.9 Å². The monoisotopic (exact) mass is 354 g/mol. The Balaban J connectivity index is 1.59. The molecule has 1 amide bonds. The van der Waals surface area contributed by atoms with Crippen molar-refractivity contribution in [2.24, 2.45) is 0 Å². The molecule has 0 spiro atoms. The van der Waals surface area contributed by atoms with Crippen LogP contribution in [-0.4, -0.2) is 25.1 Å². The molecule has 7 nitrogen and oxygen atoms in total. The summed E-state index contributed by atoms with van der Waals surface area (Å²) in [5.74, 6) is -0.671. The van der Waals surface area contributed by atoms with E-state index in [9.17, 15) is 14.7 Å². The number of amides is 1. The van der Waals surface area contributed by atoms with Crippen molar-refractivity contribution in [2.45, 2.75) is 6.54 Å². The van der Waals surface area contributed by atoms with Gasteiger partial charge in [0.05, 0.1) is 12.2 Å². The van der Waals surface area contributed by atoms with Crippen molar-refractivity contribution >= 4 is 22.8 Å². The molecule has 0 aliphatic rings. The Bertz CT molecular complexity index is 903. The number of carbonyl (C=O) groups is 2. The minimum absolute atomic E-state index is 0.0975. The molecule has 0 saturated carbocycles. The van der Waals surface area contributed by atoms with E-state index in [0.717, 1.165) is 10.9 Å². The first kappa shape index (κ1) is 17.3. The fourth-order valence-electron chi connectivity index (χ4n) is 2.38. The summed E-state index contributed by atoms with van der Waals surface area (Å²) in [7, 11) is 0. The summed E-state index contributed by atoms with van der Waals surface area (Å²) in [5.41, 5.74) is 1.16. The molecule has 1 heterocycles. The zero-order valence-corrected chi connectivity index (χ0v) is 13.8. The molecule has 3 rings (SSSR count). The fourth-order valence-corrected chi connectivity index (χ4v) is 2.38. The summed E-state index contributed by atoms with van der Waals surface area (Å²) in [4.78, 5) is 22.5. The molecule has 7 heteroatoms. The van der Waals surface area contributed by atoms with Crippen LogP contribution in [0.4, 0.5) is 0 Å². The summed E-state index contributed by atoms with van der Waals surface area (Å²) >= 11 is 0. The molecule has 26 heavy (non-hydrogen) atoms. The third-order valence-corrected chi connectivity index (χ3v) is 3.58. The molecule has 134 valence electrons. The van der Waals surface area contributed by atoms with Gasteiger partial charge in [0.1, 0.15) is 12.4 Å². The van der Waals surface area contributed by atoms with Gasteiger partial charge in [-0.1, -0.05) is 30.3 Å². The third kappa shape index (κ3) is 4.32. The molecule has 0 unspecified atom stereocenters. The van der Waals surface area contributed by atoms with Gasteiger partial charge < -0.3 is 29.1 Å². The molecule has 0 aliphatic heterocycles. The number of benzene rings is 2. The first-order valence-electron chi connectivity index (χ1n) is 7.90. The number of para-hydroxylation sites is 2. The van der Waals surface area contributed by atoms with Crippen LogP contribution in [0.5, 0.6) is 11.5 Å². The second kappa shape index (κ2) is 8.06. The lowest BCUT2D eigenvalue weighted by Crippen LogP contribution is -2.29. The van der Waals surface area contributed by atoms with Gasteiger partial charge in [-0.15, -0.1) is 0 Å². The van der Waals surface area contributed by atoms with Crippen LogP contribution in [0.15, 0.2) is 59.2 Å². The molecule has 0 atom stereocenters. The molecule has 1 N–H and O–H groups in total. The topological polar surface area (TPSA) is 101 Å². The van der Waals surface area contributed by atoms with Crippen molar-refractivity contribution in [2.75, 3.05) is 13.2 Å². The van der Waals surface area contributed by atoms with E-state index in [0.29, 0.717) is 17.1 Å². The van der Waals surface area contributed by atoms with Crippen molar-refractivity contribution < 1.29 is 28.6 Å². The van der Waals surface area contributed by atoms with Gasteiger partial charge >= 0.3 is 0 Å². The molecule has 0 fully saturated rings. The van der Waals surface area contributed by atoms with Crippen LogP contribution < -0.4 is 19.9 Å². The minimum atomic E-state index is -1.32. The summed E-state index contributed by atoms with van der Waals surface area (Å²) in [6, 6.07) is 14.2. The highest BCUT2D eigenvalue weighted by molar-refractivity contribution is 5.87. The molecular formula is C19H16NO6-. The van der Waals surface area contributed by atoms with E-state index in [1.54, 1.807) is 30.3 Å². The van der Waals surface area contributed by atoms with Gasteiger partial charge in [-0.3, -0.25) is 4.79 Å². The second-order valence-corrected chi connectivity index (χ2v) is 5.43. The number of ether oxygens (including phenoxy) is 2. The van der Waals surface area contributed by atoms with Gasteiger partial charge in [0.25, 0.3) is 5.91 Å². The Morgan fingerprint density at radius 1 is 1.00 bits per heavy atom. The average Bonchev–Trinajstić information content (AvgIpc) is 3.07. The molecular weight excluding hydrogens is 338 g/mol. The zero-order valence-electron chi connectivity index (χ0n) is 13.8. The highest BCUT2D eigenvalue weighted by Crippen LogP contribution is 2.29. The first-order valence-corrected chi connectivity index (χ1v) is 7.90. The molecule has 0 bridgehead atoms. The van der Waals surface area contributed by atoms with Crippen LogP contribution in [0.25, 0.3) is 11.0 Å². The number of rotatable bonds is 8. The number of carboxylic acids is 1. The third-order valence-electron chi connectivity index (χ3n) is 3.58. The number of carboxylic acid groups (broad SMARTS) is 1. The van der Waals surface area contributed by atoms with Crippen LogP contribution in [-0.2, 0) is 16.1 Å². The minimum Gasteiger partial charge on any atom is -0.546 e. The molecule has 0 aliphatic carbocycles. The lowest BCUT2D eigenvalue weighted by atomic mass is 10.1. The van der Waals surface area contributed by atoms with Crippen LogP contribution >= 0.6 is 0 Å². The lowest BCUT2D eigenvalue weighted by molar-refractivity contribution is -0.307. The SMILES string of the molecule is O=C([O-])COc1cccc2c(CNC(=O)COc3ccccc3)coc12. The number of aliphatic carboxylic acids is 1. The largest absolute Gasteiger partial charge is 0.546 e. The van der Waals surface area contributed by atoms with E-state index in [1.165, 1.54) is 6.26 Å². The Kier molecular flexibility index (Phi) is 5.38. The van der Waals surface area contributed by atoms with Crippen LogP contribution in [0.2, 0.25) is 0 Å². The predicted molar refractivity (Wildman–Crippen MR) is 90.5 cm³/mol. The molecule has 0 saturated heterocycles. The number of furan rings is 1. The summed E-state index contributed by atoms with van der Waals surface area (Å²) in [6.45, 7) is -0.420. The maximum absolute atomic E-state index is 11.9. The Morgan fingerprint density at radius 2 is 1.81 bits per heavy atom. The van der Waals surface area contributed by atoms with Gasteiger partial charge in [0, 0.05) is 17.5 Å². The molecule has 2 aromatic carbocycles. The average molecular weight is 354 g/mol. The van der Waals surface area contributed by atoms with Crippen molar-refractivity contribution in [1.29, 1.82) is 0 Å². The normalized spacial score (nSPS) is 10.5. The van der Waals surface area contributed by atoms with Gasteiger partial charge in [0.2, 0.25) is 0 Å². The van der Waals surface area contributed by atoms with Gasteiger partial charge in [-0.25, -0.2) is 0 Å². The Morgan fingerprint density at radius 3 is 2.58 bits per heavy atom. The van der Waals surface area contributed by atoms with E-state index in [1.807, 2.05) is 18.2 Å². The van der Waals surface area contributed by atoms with Gasteiger partial charge in [-0.2, -0.15) is 0 Å². The zero-order chi connectivity index (χ0) is 18.4. The van der Waals surface area contributed by atoms with Crippen molar-refractivity contribution in [1.82, 2.24) is 5.32 Å². The van der Waals surface area contributed by atoms with Crippen LogP contribution in [0.3, 0.4) is 0 Å². The van der Waals surface area contributed by atoms with Gasteiger partial charge in [0.15, 0.2) is 17.9 Å². The number of carbonyl (C=O) groups excluding carboxylic acids is 2. The van der Waals surface area contributed by atoms with Crippen LogP contribution in [0, 0.1) is 0 Å². The first-order chi connectivity index (χ1) is 12.6. The standard InChI is InChI=1S/C19H17NO6/c21-17(11-24-14-5-2-1-3-6-14)20-9-13-10-26-19-15(13)7-4-8-16(19)25-12-18(22)23/h1-8,10H,9,11-12H2,(H,20,21)(H,22,23)/p-1. The lowest BCUT2D eigenvalue weighted by Gasteiger charge is -2.08. The maximum Gasteiger partial charge on any atom is 0.258 e. The smallest absolute Gasteiger partial charge is 0.258 e. The highest BCUT2D eigenvalue weighted by Gasteiger charge is 2.12. The number of fused-ring (bicyclic) bond motifs is 1. The van der Waals surface area contributed by atoms with E-state index in [2.05, 4.69) is 5.32 Å². The van der Waals surface area contributed by atoms with Crippen molar-refractivity contribution in [3.8, 4) is 11.5 Å². The predicted octanol–water partition coefficient (Wildman–Crippen LogP) is 1.26. The molecule has 3 aromatic rings. The van der Waals surface area contributed by atoms with Gasteiger partial charge in [-0.05, 0) is 18.2 Å². The number of hydrogen-bond acceptors (Lipinski definition) is 6. The van der Waals surface area contributed by atoms with Crippen LogP contribution in [0.1, 0.15) is 5.56 Å². The number of nitrogens with one attached hydrogen (secondary N) is 1. The van der Waals surface area contributed by atoms with E-state index >= 15 is 0 Å². The van der Waals surface area contributed by atoms with E-state index in [-0.39, 0.29) is 19.1 Å². The van der Waals surface area contributed by atoms with Crippen molar-refractivity contribution in [3.63, 3.8) is 0 Å². The maximum atomic E-state index is 11.9. The van der Waals surface area contributed by atoms with Crippen molar-refractivity contribution in [3.05, 3.63) is 60.4 Å². The molecule has 0 radical (unpaired) electrons. The fraction of sp³-hybridized carbons (Fsp3) is 0.158. The Hall–Kier alpha value is -3.48. The summed E-state index contributed by atoms with van der Waals surface area (Å²) < 4.78 is 16.0. The quantitative estimate of drug-likeness (QED) is 0.653. The molecule has 1 aromatic heterocycles. The summed E-state index contributed by atoms with van der Waals surface area (Å²) in [5, 5.41) is 14.0. The second-order valence-electron chi connectivity index (χ2n) is 5.43. The van der Waals surface area contributed by atoms with E-state index < -0.39 is 12.6 Å². The number of hydrogen-bond donors (Lipinski definition) is 1. The Labute approximate surface area is 149 Å². The highest BCUT2D eigenvalue weighted by atomic mass is 16.5. The summed E-state index contributed by atoms with van der Waals surface area (Å²) in [6.07, 6.45) is 1.49.